The molecule has 0 aliphatic rings. The number of benzene rings is 1. The molecule has 0 amide bonds. The van der Waals surface area contributed by atoms with E-state index in [0.717, 1.165) is 0 Å². The van der Waals surface area contributed by atoms with Crippen LogP contribution in [-0.2, 0) is 0 Å². The number of hydrogen-bond donors (Lipinski definition) is 1. The Bertz CT molecular complexity index is 326. The number of halogens is 2. The van der Waals surface area contributed by atoms with Gasteiger partial charge in [0.2, 0.25) is 0 Å². The van der Waals surface area contributed by atoms with Gasteiger partial charge in [0.15, 0.2) is 0 Å². The lowest BCUT2D eigenvalue weighted by atomic mass is 10.2. The maximum Gasteiger partial charge on any atom is 0.338 e. The number of methoxy groups -OCH3 is 1. The van der Waals surface area contributed by atoms with Gasteiger partial charge >= 0.3 is 5.97 Å². The number of ether oxygens (including phenoxy) is 1. The van der Waals surface area contributed by atoms with Crippen LogP contribution in [0.4, 0.5) is 0 Å². The summed E-state index contributed by atoms with van der Waals surface area (Å²) in [5, 5.41) is 8.81. The van der Waals surface area contributed by atoms with Crippen molar-refractivity contribution in [1.82, 2.24) is 0 Å². The van der Waals surface area contributed by atoms with E-state index in [4.69, 9.17) is 9.84 Å². The van der Waals surface area contributed by atoms with Crippen molar-refractivity contribution >= 4 is 37.8 Å². The predicted molar refractivity (Wildman–Crippen MR) is 55.4 cm³/mol. The quantitative estimate of drug-likeness (QED) is 0.913. The highest BCUT2D eigenvalue weighted by Gasteiger charge is 2.14. The van der Waals surface area contributed by atoms with Crippen LogP contribution in [0.15, 0.2) is 21.1 Å². The molecule has 1 rings (SSSR count). The third-order valence-electron chi connectivity index (χ3n) is 1.47. The van der Waals surface area contributed by atoms with Gasteiger partial charge < -0.3 is 9.84 Å². The van der Waals surface area contributed by atoms with E-state index in [2.05, 4.69) is 31.9 Å². The van der Waals surface area contributed by atoms with Crippen LogP contribution < -0.4 is 4.74 Å². The first kappa shape index (κ1) is 10.5. The average molecular weight is 310 g/mol. The fourth-order valence-corrected chi connectivity index (χ4v) is 2.36. The van der Waals surface area contributed by atoms with E-state index in [-0.39, 0.29) is 5.56 Å². The Hall–Kier alpha value is -0.550. The highest BCUT2D eigenvalue weighted by molar-refractivity contribution is 9.11. The van der Waals surface area contributed by atoms with Gasteiger partial charge in [-0.2, -0.15) is 0 Å². The predicted octanol–water partition coefficient (Wildman–Crippen LogP) is 2.92. The number of carbonyl (C=O) groups is 1. The Morgan fingerprint density at radius 2 is 1.85 bits per heavy atom. The third kappa shape index (κ3) is 2.22. The molecule has 0 unspecified atom stereocenters. The molecule has 0 bridgehead atoms. The summed E-state index contributed by atoms with van der Waals surface area (Å²) in [5.41, 5.74) is 0.195. The molecule has 1 N–H and O–H groups in total. The molecule has 0 aliphatic heterocycles. The zero-order valence-corrected chi connectivity index (χ0v) is 9.85. The largest absolute Gasteiger partial charge is 0.497 e. The van der Waals surface area contributed by atoms with Crippen LogP contribution in [0, 0.1) is 0 Å². The Kier molecular flexibility index (Phi) is 3.33. The monoisotopic (exact) mass is 308 g/mol. The van der Waals surface area contributed by atoms with E-state index in [1.165, 1.54) is 7.11 Å². The number of hydrogen-bond acceptors (Lipinski definition) is 2. The molecule has 5 heteroatoms. The second-order valence-corrected chi connectivity index (χ2v) is 3.98. The van der Waals surface area contributed by atoms with E-state index in [1.807, 2.05) is 0 Å². The van der Waals surface area contributed by atoms with Crippen LogP contribution in [0.2, 0.25) is 0 Å². The van der Waals surface area contributed by atoms with Crippen molar-refractivity contribution in [1.29, 1.82) is 0 Å². The number of carboxylic acids is 1. The lowest BCUT2D eigenvalue weighted by Crippen LogP contribution is -1.99. The van der Waals surface area contributed by atoms with E-state index in [1.54, 1.807) is 12.1 Å². The van der Waals surface area contributed by atoms with Gasteiger partial charge in [0, 0.05) is 8.95 Å². The molecule has 3 nitrogen and oxygen atoms in total. The number of aromatic carboxylic acids is 1. The van der Waals surface area contributed by atoms with Crippen LogP contribution in [0.3, 0.4) is 0 Å². The van der Waals surface area contributed by atoms with Crippen LogP contribution in [0.25, 0.3) is 0 Å². The summed E-state index contributed by atoms with van der Waals surface area (Å²) in [7, 11) is 1.52. The summed E-state index contributed by atoms with van der Waals surface area (Å²) < 4.78 is 5.94. The minimum absolute atomic E-state index is 0.195. The smallest absolute Gasteiger partial charge is 0.338 e. The van der Waals surface area contributed by atoms with Crippen LogP contribution in [0.1, 0.15) is 10.4 Å². The number of carboxylic acid groups (broad SMARTS) is 1. The van der Waals surface area contributed by atoms with Crippen molar-refractivity contribution in [2.45, 2.75) is 0 Å². The fourth-order valence-electron chi connectivity index (χ4n) is 0.872. The van der Waals surface area contributed by atoms with Gasteiger partial charge in [0.05, 0.1) is 12.7 Å². The minimum Gasteiger partial charge on any atom is -0.497 e. The first-order valence-electron chi connectivity index (χ1n) is 3.32. The Balaban J connectivity index is 3.31. The van der Waals surface area contributed by atoms with Crippen molar-refractivity contribution < 1.29 is 14.6 Å². The van der Waals surface area contributed by atoms with Gasteiger partial charge in [-0.1, -0.05) is 0 Å². The highest BCUT2D eigenvalue weighted by atomic mass is 79.9. The second-order valence-electron chi connectivity index (χ2n) is 2.27. The zero-order chi connectivity index (χ0) is 10.0. The zero-order valence-electron chi connectivity index (χ0n) is 6.67. The first-order valence-corrected chi connectivity index (χ1v) is 4.91. The van der Waals surface area contributed by atoms with Crippen LogP contribution >= 0.6 is 31.9 Å². The molecule has 0 heterocycles. The third-order valence-corrected chi connectivity index (χ3v) is 2.72. The molecule has 0 aliphatic carbocycles. The van der Waals surface area contributed by atoms with Gasteiger partial charge in [-0.15, -0.1) is 0 Å². The van der Waals surface area contributed by atoms with Crippen molar-refractivity contribution in [2.24, 2.45) is 0 Å². The molecule has 0 fully saturated rings. The maximum absolute atomic E-state index is 10.7. The van der Waals surface area contributed by atoms with E-state index in [9.17, 15) is 4.79 Å². The van der Waals surface area contributed by atoms with E-state index >= 15 is 0 Å². The summed E-state index contributed by atoms with van der Waals surface area (Å²) in [6.07, 6.45) is 0. The molecule has 0 radical (unpaired) electrons. The standard InChI is InChI=1S/C8H6Br2O3/c1-13-4-2-5(9)7(8(11)12)6(10)3-4/h2-3H,1H3,(H,11,12). The van der Waals surface area contributed by atoms with E-state index in [0.29, 0.717) is 14.7 Å². The molecule has 70 valence electrons. The molecular formula is C8H6Br2O3. The normalized spacial score (nSPS) is 9.77. The Morgan fingerprint density at radius 1 is 1.38 bits per heavy atom. The topological polar surface area (TPSA) is 46.5 Å². The molecule has 0 saturated carbocycles. The molecule has 0 spiro atoms. The summed E-state index contributed by atoms with van der Waals surface area (Å²) in [4.78, 5) is 10.7. The molecule has 0 atom stereocenters. The van der Waals surface area contributed by atoms with Gasteiger partial charge in [-0.05, 0) is 44.0 Å². The second kappa shape index (κ2) is 4.11. The Morgan fingerprint density at radius 3 is 2.15 bits per heavy atom. The molecule has 0 saturated heterocycles. The first-order chi connectivity index (χ1) is 6.06. The number of rotatable bonds is 2. The maximum atomic E-state index is 10.7. The Labute approximate surface area is 92.0 Å². The van der Waals surface area contributed by atoms with Crippen LogP contribution in [-0.4, -0.2) is 18.2 Å². The van der Waals surface area contributed by atoms with E-state index < -0.39 is 5.97 Å². The van der Waals surface area contributed by atoms with Gasteiger partial charge in [-0.3, -0.25) is 0 Å². The van der Waals surface area contributed by atoms with Crippen molar-refractivity contribution in [3.63, 3.8) is 0 Å². The molecule has 13 heavy (non-hydrogen) atoms. The summed E-state index contributed by atoms with van der Waals surface area (Å²) in [5.74, 6) is -0.384. The average Bonchev–Trinajstić information content (AvgIpc) is 2.02. The molecule has 1 aromatic rings. The van der Waals surface area contributed by atoms with Gasteiger partial charge in [0.25, 0.3) is 0 Å². The van der Waals surface area contributed by atoms with Gasteiger partial charge in [-0.25, -0.2) is 4.79 Å². The minimum atomic E-state index is -0.985. The molecule has 0 aromatic heterocycles. The summed E-state index contributed by atoms with van der Waals surface area (Å²) in [6.45, 7) is 0. The van der Waals surface area contributed by atoms with Crippen LogP contribution in [0.5, 0.6) is 5.75 Å². The van der Waals surface area contributed by atoms with Crippen molar-refractivity contribution in [2.75, 3.05) is 7.11 Å². The fraction of sp³-hybridized carbons (Fsp3) is 0.125. The lowest BCUT2D eigenvalue weighted by Gasteiger charge is -2.05. The lowest BCUT2D eigenvalue weighted by molar-refractivity contribution is 0.0695. The van der Waals surface area contributed by atoms with Gasteiger partial charge in [0.1, 0.15) is 5.75 Å². The summed E-state index contributed by atoms with van der Waals surface area (Å²) >= 11 is 6.30. The highest BCUT2D eigenvalue weighted by Crippen LogP contribution is 2.30. The van der Waals surface area contributed by atoms with Crippen molar-refractivity contribution in [3.05, 3.63) is 26.6 Å². The molecule has 1 aromatic carbocycles. The molecular weight excluding hydrogens is 304 g/mol. The SMILES string of the molecule is COc1cc(Br)c(C(=O)O)c(Br)c1. The summed E-state index contributed by atoms with van der Waals surface area (Å²) in [6, 6.07) is 3.21. The van der Waals surface area contributed by atoms with Crippen molar-refractivity contribution in [3.8, 4) is 5.75 Å².